The molecular weight excluding hydrogens is 620 g/mol. The second kappa shape index (κ2) is 15.4. The molecule has 2 heterocycles. The average Bonchev–Trinajstić information content (AvgIpc) is 3.11. The van der Waals surface area contributed by atoms with Crippen molar-refractivity contribution in [2.24, 2.45) is 0 Å². The van der Waals surface area contributed by atoms with Gasteiger partial charge in [0.25, 0.3) is 5.91 Å². The van der Waals surface area contributed by atoms with Gasteiger partial charge in [-0.25, -0.2) is 14.8 Å². The lowest BCUT2D eigenvalue weighted by Crippen LogP contribution is -2.76. The molecule has 0 bridgehead atoms. The second-order valence-corrected chi connectivity index (χ2v) is 13.0. The number of carbonyl (C=O) groups is 4. The van der Waals surface area contributed by atoms with Crippen molar-refractivity contribution in [1.29, 1.82) is 0 Å². The van der Waals surface area contributed by atoms with Crippen molar-refractivity contribution in [3.8, 4) is 5.75 Å². The monoisotopic (exact) mass is 664 g/mol. The van der Waals surface area contributed by atoms with E-state index in [-0.39, 0.29) is 68.7 Å². The van der Waals surface area contributed by atoms with Gasteiger partial charge in [0.1, 0.15) is 18.0 Å². The Kier molecular flexibility index (Phi) is 10.6. The number of piperazine rings is 1. The van der Waals surface area contributed by atoms with Crippen molar-refractivity contribution in [3.63, 3.8) is 0 Å². The summed E-state index contributed by atoms with van der Waals surface area (Å²) in [5, 5.41) is 19.3. The zero-order valence-electron chi connectivity index (χ0n) is 27.7. The highest BCUT2D eigenvalue weighted by molar-refractivity contribution is 5.95. The van der Waals surface area contributed by atoms with Gasteiger partial charge in [-0.2, -0.15) is 0 Å². The fourth-order valence-corrected chi connectivity index (χ4v) is 7.10. The van der Waals surface area contributed by atoms with E-state index in [1.807, 2.05) is 48.5 Å². The van der Waals surface area contributed by atoms with E-state index >= 15 is 0 Å². The van der Waals surface area contributed by atoms with Crippen LogP contribution >= 0.6 is 0 Å². The number of aromatic hydroxyl groups is 1. The summed E-state index contributed by atoms with van der Waals surface area (Å²) in [6, 6.07) is 22.3. The van der Waals surface area contributed by atoms with Gasteiger partial charge in [0.05, 0.1) is 13.1 Å². The van der Waals surface area contributed by atoms with E-state index in [0.29, 0.717) is 5.56 Å². The van der Waals surface area contributed by atoms with E-state index in [9.17, 15) is 24.3 Å². The number of phenolic OH excluding ortho intramolecular Hbond substituents is 1. The molecule has 49 heavy (non-hydrogen) atoms. The fourth-order valence-electron chi connectivity index (χ4n) is 7.10. The number of amides is 5. The standard InChI is InChI=1S/C38H44N6O5/c1-2-20-42-26-35(46)43-33(22-27-16-18-32(45)19-17-27)37(48)41(25-34(43)44(42)38(49)39-23-28-10-5-3-6-11-28)24-29-12-9-13-30(21-29)36(47)40-31-14-7-4-8-15-31/h2-3,5-6,9-13,16-19,21,31,33-34,45H,1,4,7-8,14-15,20,22-26H2,(H,39,49)(H,40,47)/t33-,34?/m0/s1. The zero-order valence-corrected chi connectivity index (χ0v) is 27.7. The van der Waals surface area contributed by atoms with Gasteiger partial charge < -0.3 is 25.5 Å². The third kappa shape index (κ3) is 7.94. The molecule has 1 saturated carbocycles. The molecule has 1 unspecified atom stereocenters. The highest BCUT2D eigenvalue weighted by Crippen LogP contribution is 2.30. The summed E-state index contributed by atoms with van der Waals surface area (Å²) >= 11 is 0. The average molecular weight is 665 g/mol. The first-order chi connectivity index (χ1) is 23.8. The topological polar surface area (TPSA) is 126 Å². The van der Waals surface area contributed by atoms with Crippen LogP contribution in [0, 0.1) is 0 Å². The van der Waals surface area contributed by atoms with Crippen molar-refractivity contribution in [1.82, 2.24) is 30.5 Å². The molecule has 11 nitrogen and oxygen atoms in total. The number of urea groups is 1. The van der Waals surface area contributed by atoms with E-state index in [1.54, 1.807) is 56.2 Å². The van der Waals surface area contributed by atoms with E-state index in [0.717, 1.165) is 42.4 Å². The van der Waals surface area contributed by atoms with Gasteiger partial charge in [0.15, 0.2) is 0 Å². The largest absolute Gasteiger partial charge is 0.508 e. The number of benzene rings is 3. The van der Waals surface area contributed by atoms with Gasteiger partial charge in [-0.1, -0.05) is 79.9 Å². The Bertz CT molecular complexity index is 1660. The molecular formula is C38H44N6O5. The van der Waals surface area contributed by atoms with Crippen LogP contribution in [0.4, 0.5) is 4.79 Å². The van der Waals surface area contributed by atoms with Crippen LogP contribution in [0.5, 0.6) is 5.75 Å². The number of hydrogen-bond acceptors (Lipinski definition) is 6. The summed E-state index contributed by atoms with van der Waals surface area (Å²) in [4.78, 5) is 58.6. The van der Waals surface area contributed by atoms with Crippen molar-refractivity contribution in [2.45, 2.75) is 69.9 Å². The lowest BCUT2D eigenvalue weighted by molar-refractivity contribution is -0.189. The van der Waals surface area contributed by atoms with Crippen LogP contribution in [-0.2, 0) is 29.1 Å². The Hall–Kier alpha value is -5.16. The lowest BCUT2D eigenvalue weighted by Gasteiger charge is -2.55. The number of carbonyl (C=O) groups excluding carboxylic acids is 4. The summed E-state index contributed by atoms with van der Waals surface area (Å²) in [6.07, 6.45) is 6.41. The minimum Gasteiger partial charge on any atom is -0.508 e. The Morgan fingerprint density at radius 3 is 2.37 bits per heavy atom. The summed E-state index contributed by atoms with van der Waals surface area (Å²) < 4.78 is 0. The Morgan fingerprint density at radius 2 is 1.63 bits per heavy atom. The maximum Gasteiger partial charge on any atom is 0.334 e. The first-order valence-electron chi connectivity index (χ1n) is 17.0. The van der Waals surface area contributed by atoms with Crippen LogP contribution in [0.1, 0.15) is 59.2 Å². The summed E-state index contributed by atoms with van der Waals surface area (Å²) in [5.74, 6) is -0.552. The summed E-state index contributed by atoms with van der Waals surface area (Å²) in [5.41, 5.74) is 2.99. The van der Waals surface area contributed by atoms with Crippen LogP contribution in [0.25, 0.3) is 0 Å². The predicted octanol–water partition coefficient (Wildman–Crippen LogP) is 4.19. The Balaban J connectivity index is 1.29. The molecule has 1 aliphatic carbocycles. The first-order valence-corrected chi connectivity index (χ1v) is 17.0. The van der Waals surface area contributed by atoms with Crippen LogP contribution in [0.2, 0.25) is 0 Å². The molecule has 2 aliphatic heterocycles. The Labute approximate surface area is 287 Å². The molecule has 0 spiro atoms. The molecule has 0 aromatic heterocycles. The SMILES string of the molecule is C=CCN1CC(=O)N2C(CN(Cc3cccc(C(=O)NC4CCCCC4)c3)C(=O)[C@@H]2Cc2ccc(O)cc2)N1C(=O)NCc1ccccc1. The molecule has 2 saturated heterocycles. The molecule has 2 atom stereocenters. The normalized spacial score (nSPS) is 20.1. The predicted molar refractivity (Wildman–Crippen MR) is 185 cm³/mol. The molecule has 3 aliphatic rings. The molecule has 6 rings (SSSR count). The quantitative estimate of drug-likeness (QED) is 0.279. The smallest absolute Gasteiger partial charge is 0.334 e. The second-order valence-electron chi connectivity index (χ2n) is 13.0. The molecule has 3 N–H and O–H groups in total. The molecule has 256 valence electrons. The third-order valence-corrected chi connectivity index (χ3v) is 9.53. The number of fused-ring (bicyclic) bond motifs is 1. The number of hydrogen-bond donors (Lipinski definition) is 3. The molecule has 3 aromatic rings. The first kappa shape index (κ1) is 33.7. The molecule has 3 aromatic carbocycles. The van der Waals surface area contributed by atoms with Crippen molar-refractivity contribution in [2.75, 3.05) is 19.6 Å². The lowest BCUT2D eigenvalue weighted by atomic mass is 9.95. The number of hydrazine groups is 1. The van der Waals surface area contributed by atoms with Gasteiger partial charge in [0.2, 0.25) is 11.8 Å². The van der Waals surface area contributed by atoms with E-state index in [1.165, 1.54) is 6.42 Å². The van der Waals surface area contributed by atoms with Crippen LogP contribution < -0.4 is 10.6 Å². The van der Waals surface area contributed by atoms with Gasteiger partial charge >= 0.3 is 6.03 Å². The Morgan fingerprint density at radius 1 is 0.898 bits per heavy atom. The number of rotatable bonds is 10. The van der Waals surface area contributed by atoms with Crippen molar-refractivity contribution < 1.29 is 24.3 Å². The maximum absolute atomic E-state index is 14.3. The minimum atomic E-state index is -0.899. The minimum absolute atomic E-state index is 0.0710. The molecule has 11 heteroatoms. The fraction of sp³-hybridized carbons (Fsp3) is 0.368. The van der Waals surface area contributed by atoms with Gasteiger partial charge in [-0.05, 0) is 53.8 Å². The summed E-state index contributed by atoms with van der Waals surface area (Å²) in [7, 11) is 0. The van der Waals surface area contributed by atoms with Gasteiger partial charge in [0, 0.05) is 37.7 Å². The third-order valence-electron chi connectivity index (χ3n) is 9.53. The maximum atomic E-state index is 14.3. The number of nitrogens with one attached hydrogen (secondary N) is 2. The highest BCUT2D eigenvalue weighted by Gasteiger charge is 2.51. The summed E-state index contributed by atoms with van der Waals surface area (Å²) in [6.45, 7) is 4.55. The van der Waals surface area contributed by atoms with Crippen LogP contribution in [0.3, 0.4) is 0 Å². The van der Waals surface area contributed by atoms with Crippen molar-refractivity contribution >= 4 is 23.8 Å². The molecule has 3 fully saturated rings. The number of nitrogens with zero attached hydrogens (tertiary/aromatic N) is 4. The molecule has 0 radical (unpaired) electrons. The zero-order chi connectivity index (χ0) is 34.3. The highest BCUT2D eigenvalue weighted by atomic mass is 16.3. The number of phenols is 1. The van der Waals surface area contributed by atoms with E-state index < -0.39 is 18.2 Å². The van der Waals surface area contributed by atoms with E-state index in [4.69, 9.17) is 0 Å². The van der Waals surface area contributed by atoms with Crippen LogP contribution in [0.15, 0.2) is 91.5 Å². The molecule has 5 amide bonds. The van der Waals surface area contributed by atoms with Gasteiger partial charge in [-0.15, -0.1) is 6.58 Å². The van der Waals surface area contributed by atoms with Crippen LogP contribution in [-0.4, -0.2) is 86.6 Å². The van der Waals surface area contributed by atoms with E-state index in [2.05, 4.69) is 17.2 Å². The van der Waals surface area contributed by atoms with Crippen molar-refractivity contribution in [3.05, 3.63) is 114 Å². The van der Waals surface area contributed by atoms with Gasteiger partial charge in [-0.3, -0.25) is 14.4 Å².